The fraction of sp³-hybridized carbons (Fsp3) is 0.300. The summed E-state index contributed by atoms with van der Waals surface area (Å²) in [6.45, 7) is 3.52. The van der Waals surface area contributed by atoms with Crippen LogP contribution in [0.3, 0.4) is 0 Å². The third-order valence-corrected chi connectivity index (χ3v) is 7.30. The number of sulfone groups is 1. The van der Waals surface area contributed by atoms with Crippen molar-refractivity contribution in [3.05, 3.63) is 64.7 Å². The Bertz CT molecular complexity index is 1030. The van der Waals surface area contributed by atoms with Crippen LogP contribution in [0.1, 0.15) is 24.0 Å². The normalized spacial score (nSPS) is 24.1. The van der Waals surface area contributed by atoms with Crippen molar-refractivity contribution < 1.29 is 17.9 Å². The molecular formula is C20H18ClNO4S. The predicted molar refractivity (Wildman–Crippen MR) is 101 cm³/mol. The first-order valence-corrected chi connectivity index (χ1v) is 10.4. The molecule has 0 bridgehead atoms. The summed E-state index contributed by atoms with van der Waals surface area (Å²) in [5, 5.41) is 9.01. The van der Waals surface area contributed by atoms with Crippen LogP contribution in [0.5, 0.6) is 0 Å². The molecule has 2 aromatic carbocycles. The van der Waals surface area contributed by atoms with Crippen molar-refractivity contribution in [2.24, 2.45) is 5.41 Å². The average Bonchev–Trinajstić information content (AvgIpc) is 3.34. The molecule has 0 heterocycles. The van der Waals surface area contributed by atoms with Crippen molar-refractivity contribution in [3.8, 4) is 6.07 Å². The third-order valence-electron chi connectivity index (χ3n) is 4.82. The van der Waals surface area contributed by atoms with Crippen molar-refractivity contribution in [2.45, 2.75) is 29.9 Å². The van der Waals surface area contributed by atoms with Crippen LogP contribution in [0.4, 0.5) is 0 Å². The van der Waals surface area contributed by atoms with Gasteiger partial charge >= 0.3 is 5.97 Å². The molecule has 1 fully saturated rings. The van der Waals surface area contributed by atoms with Gasteiger partial charge in [-0.25, -0.2) is 8.42 Å². The molecule has 5 nitrogen and oxygen atoms in total. The van der Waals surface area contributed by atoms with Crippen LogP contribution in [0, 0.1) is 23.7 Å². The number of hydrogen-bond acceptors (Lipinski definition) is 5. The van der Waals surface area contributed by atoms with Crippen molar-refractivity contribution in [3.63, 3.8) is 0 Å². The molecule has 3 atom stereocenters. The van der Waals surface area contributed by atoms with Gasteiger partial charge in [0.25, 0.3) is 0 Å². The molecule has 140 valence electrons. The second-order valence-corrected chi connectivity index (χ2v) is 9.02. The maximum Gasteiger partial charge on any atom is 0.328 e. The lowest BCUT2D eigenvalue weighted by Gasteiger charge is -2.09. The van der Waals surface area contributed by atoms with Crippen molar-refractivity contribution in [1.82, 2.24) is 0 Å². The lowest BCUT2D eigenvalue weighted by molar-refractivity contribution is -0.147. The molecule has 27 heavy (non-hydrogen) atoms. The van der Waals surface area contributed by atoms with E-state index < -0.39 is 32.4 Å². The Labute approximate surface area is 163 Å². The lowest BCUT2D eigenvalue weighted by Crippen LogP contribution is -2.25. The molecule has 3 rings (SSSR count). The highest BCUT2D eigenvalue weighted by Gasteiger charge is 2.77. The standard InChI is InChI=1S/C20H18ClNO4S/c1-3-26-19(23)20(12-22)17(14-5-4-6-15(21)11-14)18(20)27(24,25)16-9-7-13(2)8-10-16/h4-11,17-18H,3H2,1-2H3/t17-,18+,20+/m1/s1. The molecule has 7 heteroatoms. The molecule has 0 radical (unpaired) electrons. The van der Waals surface area contributed by atoms with Crippen LogP contribution in [-0.2, 0) is 19.4 Å². The Morgan fingerprint density at radius 1 is 1.26 bits per heavy atom. The number of benzene rings is 2. The van der Waals surface area contributed by atoms with Gasteiger partial charge in [0.2, 0.25) is 0 Å². The Kier molecular flexibility index (Phi) is 5.02. The molecule has 0 saturated heterocycles. The quantitative estimate of drug-likeness (QED) is 0.711. The summed E-state index contributed by atoms with van der Waals surface area (Å²) in [6.07, 6.45) is 0. The zero-order chi connectivity index (χ0) is 19.8. The summed E-state index contributed by atoms with van der Waals surface area (Å²) in [4.78, 5) is 12.7. The number of hydrogen-bond donors (Lipinski definition) is 0. The van der Waals surface area contributed by atoms with Crippen LogP contribution in [0.15, 0.2) is 53.4 Å². The van der Waals surface area contributed by atoms with Gasteiger partial charge in [-0.05, 0) is 43.7 Å². The molecule has 0 N–H and O–H groups in total. The number of esters is 1. The second-order valence-electron chi connectivity index (χ2n) is 6.51. The van der Waals surface area contributed by atoms with Gasteiger partial charge in [-0.15, -0.1) is 0 Å². The van der Waals surface area contributed by atoms with E-state index in [0.29, 0.717) is 10.6 Å². The van der Waals surface area contributed by atoms with E-state index in [1.165, 1.54) is 12.1 Å². The van der Waals surface area contributed by atoms with E-state index in [1.807, 2.05) is 13.0 Å². The Hall–Kier alpha value is -2.36. The predicted octanol–water partition coefficient (Wildman–Crippen LogP) is 3.66. The number of carbonyl (C=O) groups excluding carboxylic acids is 1. The monoisotopic (exact) mass is 403 g/mol. The minimum Gasteiger partial charge on any atom is -0.465 e. The van der Waals surface area contributed by atoms with Gasteiger partial charge < -0.3 is 4.74 Å². The highest BCUT2D eigenvalue weighted by Crippen LogP contribution is 2.64. The molecule has 1 aliphatic carbocycles. The van der Waals surface area contributed by atoms with Gasteiger partial charge in [0.05, 0.1) is 17.6 Å². The van der Waals surface area contributed by atoms with E-state index in [0.717, 1.165) is 5.56 Å². The van der Waals surface area contributed by atoms with Crippen LogP contribution in [-0.4, -0.2) is 26.2 Å². The maximum atomic E-state index is 13.3. The maximum absolute atomic E-state index is 13.3. The molecule has 0 spiro atoms. The summed E-state index contributed by atoms with van der Waals surface area (Å²) < 4.78 is 31.6. The van der Waals surface area contributed by atoms with E-state index >= 15 is 0 Å². The van der Waals surface area contributed by atoms with Crippen molar-refractivity contribution in [1.29, 1.82) is 5.26 Å². The summed E-state index contributed by atoms with van der Waals surface area (Å²) in [6, 6.07) is 14.9. The number of ether oxygens (including phenoxy) is 1. The summed E-state index contributed by atoms with van der Waals surface area (Å²) in [5.74, 6) is -1.66. The molecule has 1 aliphatic rings. The van der Waals surface area contributed by atoms with Crippen LogP contribution >= 0.6 is 11.6 Å². The van der Waals surface area contributed by atoms with Crippen molar-refractivity contribution in [2.75, 3.05) is 6.61 Å². The topological polar surface area (TPSA) is 84.2 Å². The SMILES string of the molecule is CCOC(=O)[C@@]1(C#N)[C@H](c2cccc(Cl)c2)[C@@H]1S(=O)(=O)c1ccc(C)cc1. The molecule has 2 aromatic rings. The Balaban J connectivity index is 2.14. The largest absolute Gasteiger partial charge is 0.465 e. The van der Waals surface area contributed by atoms with Gasteiger partial charge in [-0.3, -0.25) is 4.79 Å². The van der Waals surface area contributed by atoms with Crippen molar-refractivity contribution >= 4 is 27.4 Å². The lowest BCUT2D eigenvalue weighted by atomic mass is 10.0. The van der Waals surface area contributed by atoms with Gasteiger partial charge in [-0.1, -0.05) is 41.4 Å². The minimum atomic E-state index is -3.94. The zero-order valence-electron chi connectivity index (χ0n) is 14.8. The third kappa shape index (κ3) is 3.11. The molecule has 0 amide bonds. The summed E-state index contributed by atoms with van der Waals surface area (Å²) in [7, 11) is -3.94. The number of aryl methyl sites for hydroxylation is 1. The van der Waals surface area contributed by atoms with E-state index in [1.54, 1.807) is 43.3 Å². The average molecular weight is 404 g/mol. The first-order chi connectivity index (χ1) is 12.8. The van der Waals surface area contributed by atoms with Gasteiger partial charge in [0, 0.05) is 10.9 Å². The second kappa shape index (κ2) is 6.99. The van der Waals surface area contributed by atoms with Gasteiger partial charge in [0.1, 0.15) is 5.25 Å². The van der Waals surface area contributed by atoms with E-state index in [9.17, 15) is 18.5 Å². The zero-order valence-corrected chi connectivity index (χ0v) is 16.4. The van der Waals surface area contributed by atoms with Crippen LogP contribution in [0.25, 0.3) is 0 Å². The molecule has 0 aliphatic heterocycles. The van der Waals surface area contributed by atoms with E-state index in [2.05, 4.69) is 0 Å². The molecule has 0 aromatic heterocycles. The van der Waals surface area contributed by atoms with E-state index in [-0.39, 0.29) is 11.5 Å². The van der Waals surface area contributed by atoms with E-state index in [4.69, 9.17) is 16.3 Å². The fourth-order valence-corrected chi connectivity index (χ4v) is 5.91. The molecular weight excluding hydrogens is 386 g/mol. The number of carbonyl (C=O) groups is 1. The van der Waals surface area contributed by atoms with Gasteiger partial charge in [-0.2, -0.15) is 5.26 Å². The Morgan fingerprint density at radius 3 is 2.48 bits per heavy atom. The van der Waals surface area contributed by atoms with Crippen LogP contribution in [0.2, 0.25) is 5.02 Å². The minimum absolute atomic E-state index is 0.0574. The summed E-state index contributed by atoms with van der Waals surface area (Å²) in [5.41, 5.74) is -0.351. The first kappa shape index (κ1) is 19.4. The summed E-state index contributed by atoms with van der Waals surface area (Å²) >= 11 is 6.04. The molecule has 1 saturated carbocycles. The number of rotatable bonds is 5. The number of nitrogens with zero attached hydrogens (tertiary/aromatic N) is 1. The highest BCUT2D eigenvalue weighted by molar-refractivity contribution is 7.92. The smallest absolute Gasteiger partial charge is 0.328 e. The number of nitriles is 1. The fourth-order valence-electron chi connectivity index (χ4n) is 3.46. The molecule has 0 unspecified atom stereocenters. The first-order valence-electron chi connectivity index (χ1n) is 8.43. The number of halogens is 1. The Morgan fingerprint density at radius 2 is 1.93 bits per heavy atom. The van der Waals surface area contributed by atoms with Crippen LogP contribution < -0.4 is 0 Å². The highest BCUT2D eigenvalue weighted by atomic mass is 35.5. The van der Waals surface area contributed by atoms with Gasteiger partial charge in [0.15, 0.2) is 15.3 Å².